The predicted molar refractivity (Wildman–Crippen MR) is 63.8 cm³/mol. The zero-order chi connectivity index (χ0) is 15.0. The number of methoxy groups -OCH3 is 1. The van der Waals surface area contributed by atoms with E-state index in [0.717, 1.165) is 23.6 Å². The molecule has 112 valence electrons. The number of hydrogen-bond donors (Lipinski definition) is 1. The molecule has 0 aromatic carbocycles. The normalized spacial score (nSPS) is 18.6. The molecule has 2 rings (SSSR count). The molecule has 1 aromatic rings. The lowest BCUT2D eigenvalue weighted by molar-refractivity contribution is -0.150. The van der Waals surface area contributed by atoms with Crippen LogP contribution >= 0.6 is 0 Å². The second kappa shape index (κ2) is 5.08. The van der Waals surface area contributed by atoms with E-state index in [1.165, 1.54) is 13.3 Å². The molecular weight excluding hydrogens is 275 g/mol. The van der Waals surface area contributed by atoms with Crippen molar-refractivity contribution in [1.82, 2.24) is 15.1 Å². The van der Waals surface area contributed by atoms with E-state index >= 15 is 0 Å². The molecule has 1 N–H and O–H groups in total. The molecule has 0 bridgehead atoms. The second-order valence-corrected chi connectivity index (χ2v) is 4.88. The first kappa shape index (κ1) is 14.8. The van der Waals surface area contributed by atoms with Gasteiger partial charge < -0.3 is 10.1 Å². The summed E-state index contributed by atoms with van der Waals surface area (Å²) >= 11 is 0. The minimum atomic E-state index is -4.49. The average Bonchev–Trinajstić information content (AvgIpc) is 3.13. The summed E-state index contributed by atoms with van der Waals surface area (Å²) in [6.45, 7) is 0.0108. The number of ether oxygens (including phenoxy) is 1. The van der Waals surface area contributed by atoms with Crippen LogP contribution in [0.2, 0.25) is 0 Å². The summed E-state index contributed by atoms with van der Waals surface area (Å²) in [6.07, 6.45) is -1.59. The summed E-state index contributed by atoms with van der Waals surface area (Å²) in [7, 11) is 2.87. The molecule has 20 heavy (non-hydrogen) atoms. The van der Waals surface area contributed by atoms with Crippen LogP contribution in [0.4, 0.5) is 13.2 Å². The number of hydrogen-bond acceptors (Lipinski definition) is 4. The maximum absolute atomic E-state index is 12.5. The second-order valence-electron chi connectivity index (χ2n) is 4.88. The minimum absolute atomic E-state index is 0.0108. The maximum atomic E-state index is 12.5. The molecule has 0 saturated heterocycles. The highest BCUT2D eigenvalue weighted by molar-refractivity contribution is 5.81. The largest absolute Gasteiger partial charge is 0.468 e. The number of nitrogens with one attached hydrogen (secondary N) is 1. The SMILES string of the molecule is CNC(Cn1ccc(C(F)(F)F)n1)(C(=O)OC)C1CC1. The number of rotatable bonds is 5. The minimum Gasteiger partial charge on any atom is -0.468 e. The van der Waals surface area contributed by atoms with Crippen molar-refractivity contribution >= 4 is 5.97 Å². The van der Waals surface area contributed by atoms with Crippen LogP contribution in [0.5, 0.6) is 0 Å². The molecule has 0 amide bonds. The Bertz CT molecular complexity index is 496. The van der Waals surface area contributed by atoms with E-state index in [-0.39, 0.29) is 12.5 Å². The van der Waals surface area contributed by atoms with Crippen molar-refractivity contribution in [2.45, 2.75) is 31.1 Å². The molecule has 1 aliphatic carbocycles. The number of halogens is 3. The van der Waals surface area contributed by atoms with Gasteiger partial charge in [0, 0.05) is 6.20 Å². The van der Waals surface area contributed by atoms with Gasteiger partial charge in [-0.05, 0) is 31.9 Å². The van der Waals surface area contributed by atoms with Crippen molar-refractivity contribution in [2.24, 2.45) is 5.92 Å². The van der Waals surface area contributed by atoms with Gasteiger partial charge in [-0.15, -0.1) is 0 Å². The first-order chi connectivity index (χ1) is 9.33. The molecule has 1 fully saturated rings. The third kappa shape index (κ3) is 2.65. The number of esters is 1. The topological polar surface area (TPSA) is 56.2 Å². The van der Waals surface area contributed by atoms with Gasteiger partial charge >= 0.3 is 12.1 Å². The number of carbonyl (C=O) groups is 1. The van der Waals surface area contributed by atoms with Gasteiger partial charge in [0.05, 0.1) is 13.7 Å². The molecule has 0 radical (unpaired) electrons. The molecule has 0 aliphatic heterocycles. The van der Waals surface area contributed by atoms with Crippen LogP contribution in [0, 0.1) is 5.92 Å². The first-order valence-electron chi connectivity index (χ1n) is 6.21. The van der Waals surface area contributed by atoms with Gasteiger partial charge in [0.15, 0.2) is 5.69 Å². The maximum Gasteiger partial charge on any atom is 0.435 e. The van der Waals surface area contributed by atoms with Crippen molar-refractivity contribution in [1.29, 1.82) is 0 Å². The average molecular weight is 291 g/mol. The summed E-state index contributed by atoms with van der Waals surface area (Å²) in [5.74, 6) is -0.426. The molecule has 1 heterocycles. The van der Waals surface area contributed by atoms with Crippen LogP contribution in [0.25, 0.3) is 0 Å². The fraction of sp³-hybridized carbons (Fsp3) is 0.667. The smallest absolute Gasteiger partial charge is 0.435 e. The fourth-order valence-corrected chi connectivity index (χ4v) is 2.36. The Balaban J connectivity index is 2.24. The van der Waals surface area contributed by atoms with E-state index in [2.05, 4.69) is 10.4 Å². The van der Waals surface area contributed by atoms with Gasteiger partial charge in [0.25, 0.3) is 0 Å². The van der Waals surface area contributed by atoms with E-state index in [4.69, 9.17) is 4.74 Å². The quantitative estimate of drug-likeness (QED) is 0.834. The predicted octanol–water partition coefficient (Wildman–Crippen LogP) is 1.44. The van der Waals surface area contributed by atoms with E-state index in [1.807, 2.05) is 0 Å². The van der Waals surface area contributed by atoms with Crippen LogP contribution in [0.1, 0.15) is 18.5 Å². The van der Waals surface area contributed by atoms with E-state index < -0.39 is 23.4 Å². The Morgan fingerprint density at radius 3 is 2.60 bits per heavy atom. The van der Waals surface area contributed by atoms with Crippen LogP contribution in [0.15, 0.2) is 12.3 Å². The number of carbonyl (C=O) groups excluding carboxylic acids is 1. The van der Waals surface area contributed by atoms with Gasteiger partial charge in [0.1, 0.15) is 5.54 Å². The summed E-state index contributed by atoms with van der Waals surface area (Å²) in [4.78, 5) is 12.0. The number of nitrogens with zero attached hydrogens (tertiary/aromatic N) is 2. The van der Waals surface area contributed by atoms with Crippen molar-refractivity contribution in [2.75, 3.05) is 14.2 Å². The van der Waals surface area contributed by atoms with Gasteiger partial charge in [-0.1, -0.05) is 0 Å². The molecule has 1 aromatic heterocycles. The van der Waals surface area contributed by atoms with E-state index in [0.29, 0.717) is 0 Å². The summed E-state index contributed by atoms with van der Waals surface area (Å²) in [6, 6.07) is 0.893. The zero-order valence-electron chi connectivity index (χ0n) is 11.2. The molecule has 8 heteroatoms. The Morgan fingerprint density at radius 2 is 2.20 bits per heavy atom. The van der Waals surface area contributed by atoms with Crippen molar-refractivity contribution in [3.05, 3.63) is 18.0 Å². The molecule has 1 saturated carbocycles. The van der Waals surface area contributed by atoms with Crippen molar-refractivity contribution in [3.8, 4) is 0 Å². The highest BCUT2D eigenvalue weighted by Crippen LogP contribution is 2.41. The Labute approximate surface area is 114 Å². The Hall–Kier alpha value is -1.57. The highest BCUT2D eigenvalue weighted by atomic mass is 19.4. The third-order valence-electron chi connectivity index (χ3n) is 3.61. The van der Waals surface area contributed by atoms with Gasteiger partial charge in [-0.3, -0.25) is 4.68 Å². The van der Waals surface area contributed by atoms with Gasteiger partial charge in [0.2, 0.25) is 0 Å². The number of aromatic nitrogens is 2. The summed E-state index contributed by atoms with van der Waals surface area (Å²) < 4.78 is 43.5. The molecule has 1 unspecified atom stereocenters. The van der Waals surface area contributed by atoms with Crippen LogP contribution in [-0.4, -0.2) is 35.4 Å². The van der Waals surface area contributed by atoms with Crippen molar-refractivity contribution in [3.63, 3.8) is 0 Å². The van der Waals surface area contributed by atoms with Crippen LogP contribution in [0.3, 0.4) is 0 Å². The number of likely N-dealkylation sites (N-methyl/N-ethyl adjacent to an activating group) is 1. The molecule has 0 spiro atoms. The molecule has 1 atom stereocenters. The van der Waals surface area contributed by atoms with Gasteiger partial charge in [-0.2, -0.15) is 18.3 Å². The van der Waals surface area contributed by atoms with Crippen LogP contribution in [-0.2, 0) is 22.3 Å². The molecule has 5 nitrogen and oxygen atoms in total. The van der Waals surface area contributed by atoms with E-state index in [9.17, 15) is 18.0 Å². The summed E-state index contributed by atoms with van der Waals surface area (Å²) in [5.41, 5.74) is -1.99. The van der Waals surface area contributed by atoms with E-state index in [1.54, 1.807) is 7.05 Å². The molecular formula is C12H16F3N3O2. The van der Waals surface area contributed by atoms with Gasteiger partial charge in [-0.25, -0.2) is 4.79 Å². The Kier molecular flexibility index (Phi) is 3.77. The lowest BCUT2D eigenvalue weighted by Gasteiger charge is -2.30. The Morgan fingerprint density at radius 1 is 1.55 bits per heavy atom. The standard InChI is InChI=1S/C12H16F3N3O2/c1-16-11(8-3-4-8,10(19)20-2)7-18-6-5-9(17-18)12(13,14)15/h5-6,8,16H,3-4,7H2,1-2H3. The molecule has 1 aliphatic rings. The lowest BCUT2D eigenvalue weighted by atomic mass is 9.93. The lowest BCUT2D eigenvalue weighted by Crippen LogP contribution is -2.56. The summed E-state index contributed by atoms with van der Waals surface area (Å²) in [5, 5.41) is 6.39. The zero-order valence-corrected chi connectivity index (χ0v) is 11.2. The highest BCUT2D eigenvalue weighted by Gasteiger charge is 2.51. The van der Waals surface area contributed by atoms with Crippen molar-refractivity contribution < 1.29 is 22.7 Å². The third-order valence-corrected chi connectivity index (χ3v) is 3.61. The van der Waals surface area contributed by atoms with Crippen LogP contribution < -0.4 is 5.32 Å². The monoisotopic (exact) mass is 291 g/mol. The first-order valence-corrected chi connectivity index (χ1v) is 6.21. The number of alkyl halides is 3. The fourth-order valence-electron chi connectivity index (χ4n) is 2.36.